The number of amides is 1. The van der Waals surface area contributed by atoms with Crippen LogP contribution in [-0.2, 0) is 16.1 Å². The topological polar surface area (TPSA) is 58.6 Å². The smallest absolute Gasteiger partial charge is 0.341 e. The van der Waals surface area contributed by atoms with Crippen molar-refractivity contribution in [3.63, 3.8) is 0 Å². The molecular formula is C17H19ClN2O3S. The minimum Gasteiger partial charge on any atom is -0.462 e. The normalized spacial score (nSPS) is 10.7. The second-order valence-electron chi connectivity index (χ2n) is 5.20. The average molecular weight is 367 g/mol. The number of hydrogen-bond donors (Lipinski definition) is 1. The lowest BCUT2D eigenvalue weighted by atomic mass is 10.2. The molecule has 0 saturated carbocycles. The second kappa shape index (κ2) is 8.82. The largest absolute Gasteiger partial charge is 0.462 e. The van der Waals surface area contributed by atoms with E-state index in [2.05, 4.69) is 5.32 Å². The zero-order valence-corrected chi connectivity index (χ0v) is 15.1. The fraction of sp³-hybridized carbons (Fsp3) is 0.294. The molecule has 1 N–H and O–H groups in total. The molecule has 5 nitrogen and oxygen atoms in total. The van der Waals surface area contributed by atoms with E-state index in [1.165, 1.54) is 11.3 Å². The molecule has 0 aliphatic carbocycles. The Hall–Kier alpha value is -1.89. The molecule has 0 atom stereocenters. The van der Waals surface area contributed by atoms with Crippen LogP contribution in [0, 0.1) is 0 Å². The van der Waals surface area contributed by atoms with Crippen LogP contribution in [0.3, 0.4) is 0 Å². The van der Waals surface area contributed by atoms with Crippen LogP contribution in [0.2, 0.25) is 5.02 Å². The van der Waals surface area contributed by atoms with Gasteiger partial charge >= 0.3 is 5.97 Å². The Bertz CT molecular complexity index is 717. The number of anilines is 1. The zero-order chi connectivity index (χ0) is 17.5. The Labute approximate surface area is 150 Å². The highest BCUT2D eigenvalue weighted by Crippen LogP contribution is 2.24. The number of likely N-dealkylation sites (N-methyl/N-ethyl adjacent to an activating group) is 1. The lowest BCUT2D eigenvalue weighted by Crippen LogP contribution is -2.30. The van der Waals surface area contributed by atoms with E-state index < -0.39 is 5.97 Å². The van der Waals surface area contributed by atoms with Gasteiger partial charge in [0.1, 0.15) is 5.00 Å². The van der Waals surface area contributed by atoms with Crippen molar-refractivity contribution in [2.75, 3.05) is 25.5 Å². The number of carbonyl (C=O) groups is 2. The number of benzene rings is 1. The van der Waals surface area contributed by atoms with Crippen molar-refractivity contribution in [1.29, 1.82) is 0 Å². The molecule has 2 aromatic rings. The number of nitrogens with one attached hydrogen (secondary N) is 1. The quantitative estimate of drug-likeness (QED) is 0.760. The van der Waals surface area contributed by atoms with Gasteiger partial charge in [0.05, 0.1) is 18.7 Å². The van der Waals surface area contributed by atoms with Gasteiger partial charge in [0.25, 0.3) is 0 Å². The van der Waals surface area contributed by atoms with Crippen molar-refractivity contribution in [2.45, 2.75) is 13.5 Å². The Morgan fingerprint density at radius 1 is 1.29 bits per heavy atom. The van der Waals surface area contributed by atoms with Gasteiger partial charge in [-0.2, -0.15) is 0 Å². The molecule has 0 unspecified atom stereocenters. The molecule has 1 aromatic heterocycles. The summed E-state index contributed by atoms with van der Waals surface area (Å²) in [5.41, 5.74) is 1.33. The third kappa shape index (κ3) is 5.06. The first-order valence-electron chi connectivity index (χ1n) is 7.47. The summed E-state index contributed by atoms with van der Waals surface area (Å²) in [6, 6.07) is 9.17. The lowest BCUT2D eigenvalue weighted by molar-refractivity contribution is -0.117. The number of ether oxygens (including phenoxy) is 1. The minimum absolute atomic E-state index is 0.186. The van der Waals surface area contributed by atoms with Gasteiger partial charge in [0.2, 0.25) is 5.91 Å². The summed E-state index contributed by atoms with van der Waals surface area (Å²) in [7, 11) is 1.84. The van der Waals surface area contributed by atoms with E-state index in [0.29, 0.717) is 28.7 Å². The van der Waals surface area contributed by atoms with Crippen LogP contribution in [0.1, 0.15) is 22.8 Å². The highest BCUT2D eigenvalue weighted by Gasteiger charge is 2.17. The van der Waals surface area contributed by atoms with Gasteiger partial charge in [-0.3, -0.25) is 9.69 Å². The summed E-state index contributed by atoms with van der Waals surface area (Å²) in [6.45, 7) is 2.78. The average Bonchev–Trinajstić information content (AvgIpc) is 2.97. The molecule has 0 aliphatic rings. The van der Waals surface area contributed by atoms with Gasteiger partial charge < -0.3 is 10.1 Å². The van der Waals surface area contributed by atoms with Crippen molar-refractivity contribution >= 4 is 39.8 Å². The predicted octanol–water partition coefficient (Wildman–Crippen LogP) is 3.65. The van der Waals surface area contributed by atoms with E-state index >= 15 is 0 Å². The first-order valence-corrected chi connectivity index (χ1v) is 8.73. The third-order valence-corrected chi connectivity index (χ3v) is 4.42. The maximum absolute atomic E-state index is 12.2. The molecule has 0 saturated heterocycles. The van der Waals surface area contributed by atoms with E-state index in [1.54, 1.807) is 18.4 Å². The second-order valence-corrected chi connectivity index (χ2v) is 6.52. The molecule has 128 valence electrons. The summed E-state index contributed by atoms with van der Waals surface area (Å²) in [6.07, 6.45) is 0. The van der Waals surface area contributed by atoms with E-state index in [0.717, 1.165) is 5.56 Å². The lowest BCUT2D eigenvalue weighted by Gasteiger charge is -2.17. The highest BCUT2D eigenvalue weighted by molar-refractivity contribution is 7.14. The summed E-state index contributed by atoms with van der Waals surface area (Å²) >= 11 is 7.42. The molecule has 2 rings (SSSR count). The van der Waals surface area contributed by atoms with E-state index in [1.807, 2.05) is 36.2 Å². The molecule has 24 heavy (non-hydrogen) atoms. The first-order chi connectivity index (χ1) is 11.5. The Kier molecular flexibility index (Phi) is 6.78. The predicted molar refractivity (Wildman–Crippen MR) is 96.7 cm³/mol. The number of hydrogen-bond acceptors (Lipinski definition) is 5. The van der Waals surface area contributed by atoms with Crippen LogP contribution >= 0.6 is 22.9 Å². The van der Waals surface area contributed by atoms with Gasteiger partial charge in [-0.05, 0) is 37.0 Å². The Morgan fingerprint density at radius 2 is 2.04 bits per heavy atom. The highest BCUT2D eigenvalue weighted by atomic mass is 35.5. The van der Waals surface area contributed by atoms with Gasteiger partial charge in [-0.15, -0.1) is 11.3 Å². The summed E-state index contributed by atoms with van der Waals surface area (Å²) in [5.74, 6) is -0.629. The van der Waals surface area contributed by atoms with Gasteiger partial charge in [-0.25, -0.2) is 4.79 Å². The summed E-state index contributed by atoms with van der Waals surface area (Å²) in [4.78, 5) is 25.9. The molecule has 0 aliphatic heterocycles. The van der Waals surface area contributed by atoms with Crippen LogP contribution in [0.5, 0.6) is 0 Å². The fourth-order valence-corrected chi connectivity index (χ4v) is 3.15. The van der Waals surface area contributed by atoms with Crippen LogP contribution < -0.4 is 5.32 Å². The van der Waals surface area contributed by atoms with Crippen LogP contribution in [0.4, 0.5) is 5.00 Å². The molecule has 0 fully saturated rings. The van der Waals surface area contributed by atoms with E-state index in [4.69, 9.17) is 16.3 Å². The Morgan fingerprint density at radius 3 is 2.75 bits per heavy atom. The van der Waals surface area contributed by atoms with E-state index in [-0.39, 0.29) is 12.5 Å². The first kappa shape index (κ1) is 18.4. The molecule has 0 bridgehead atoms. The Balaban J connectivity index is 1.93. The fourth-order valence-electron chi connectivity index (χ4n) is 2.16. The van der Waals surface area contributed by atoms with Crippen molar-refractivity contribution in [2.24, 2.45) is 0 Å². The molecule has 0 radical (unpaired) electrons. The SMILES string of the molecule is CCOC(=O)c1ccsc1NC(=O)CN(C)Cc1ccccc1Cl. The van der Waals surface area contributed by atoms with Crippen molar-refractivity contribution < 1.29 is 14.3 Å². The van der Waals surface area contributed by atoms with E-state index in [9.17, 15) is 9.59 Å². The molecule has 1 aromatic carbocycles. The van der Waals surface area contributed by atoms with Crippen molar-refractivity contribution in [3.05, 3.63) is 51.9 Å². The number of rotatable bonds is 7. The molecule has 0 spiro atoms. The molecule has 1 heterocycles. The minimum atomic E-state index is -0.432. The molecule has 1 amide bonds. The van der Waals surface area contributed by atoms with Gasteiger partial charge in [0, 0.05) is 11.6 Å². The van der Waals surface area contributed by atoms with Crippen LogP contribution in [0.15, 0.2) is 35.7 Å². The molecular weight excluding hydrogens is 348 g/mol. The molecule has 7 heteroatoms. The maximum Gasteiger partial charge on any atom is 0.341 e. The van der Waals surface area contributed by atoms with Crippen LogP contribution in [-0.4, -0.2) is 37.0 Å². The third-order valence-electron chi connectivity index (χ3n) is 3.23. The number of carbonyl (C=O) groups excluding carboxylic acids is 2. The monoisotopic (exact) mass is 366 g/mol. The number of esters is 1. The standard InChI is InChI=1S/C17H19ClN2O3S/c1-3-23-17(22)13-8-9-24-16(13)19-15(21)11-20(2)10-12-6-4-5-7-14(12)18/h4-9H,3,10-11H2,1-2H3,(H,19,21). The summed E-state index contributed by atoms with van der Waals surface area (Å²) < 4.78 is 4.97. The van der Waals surface area contributed by atoms with Crippen molar-refractivity contribution in [1.82, 2.24) is 4.90 Å². The van der Waals surface area contributed by atoms with Gasteiger partial charge in [0.15, 0.2) is 0 Å². The number of halogens is 1. The summed E-state index contributed by atoms with van der Waals surface area (Å²) in [5, 5.41) is 5.69. The van der Waals surface area contributed by atoms with Crippen molar-refractivity contribution in [3.8, 4) is 0 Å². The van der Waals surface area contributed by atoms with Gasteiger partial charge in [-0.1, -0.05) is 29.8 Å². The number of nitrogens with zero attached hydrogens (tertiary/aromatic N) is 1. The maximum atomic E-state index is 12.2. The zero-order valence-electron chi connectivity index (χ0n) is 13.5. The number of thiophene rings is 1. The van der Waals surface area contributed by atoms with Crippen LogP contribution in [0.25, 0.3) is 0 Å².